The Balaban J connectivity index is 2.27. The van der Waals surface area contributed by atoms with E-state index in [1.165, 1.54) is 13.3 Å². The monoisotopic (exact) mass is 278 g/mol. The Morgan fingerprint density at radius 3 is 2.79 bits per heavy atom. The quantitative estimate of drug-likeness (QED) is 0.624. The zero-order valence-corrected chi connectivity index (χ0v) is 10.6. The van der Waals surface area contributed by atoms with E-state index >= 15 is 0 Å². The molecular weight excluding hydrogens is 270 g/mol. The van der Waals surface area contributed by atoms with Crippen LogP contribution < -0.4 is 10.7 Å². The molecule has 1 aromatic carbocycles. The first-order chi connectivity index (χ1) is 9.11. The summed E-state index contributed by atoms with van der Waals surface area (Å²) in [6.07, 6.45) is 1.44. The van der Waals surface area contributed by atoms with Crippen LogP contribution >= 0.6 is 11.6 Å². The van der Waals surface area contributed by atoms with Crippen LogP contribution in [-0.2, 0) is 0 Å². The molecule has 0 saturated heterocycles. The Morgan fingerprint density at radius 2 is 2.16 bits per heavy atom. The van der Waals surface area contributed by atoms with Crippen LogP contribution in [0.3, 0.4) is 0 Å². The van der Waals surface area contributed by atoms with Crippen LogP contribution in [0.25, 0.3) is 0 Å². The summed E-state index contributed by atoms with van der Waals surface area (Å²) in [5.74, 6) is -0.693. The third kappa shape index (κ3) is 2.89. The number of halogens is 1. The van der Waals surface area contributed by atoms with Crippen molar-refractivity contribution in [2.75, 3.05) is 7.05 Å². The van der Waals surface area contributed by atoms with Gasteiger partial charge in [-0.05, 0) is 17.7 Å². The van der Waals surface area contributed by atoms with E-state index in [4.69, 9.17) is 11.6 Å². The lowest BCUT2D eigenvalue weighted by atomic mass is 10.2. The summed E-state index contributed by atoms with van der Waals surface area (Å²) in [4.78, 5) is 15.9. The molecule has 0 radical (unpaired) electrons. The molecule has 0 amide bonds. The molecule has 1 N–H and O–H groups in total. The Labute approximate surface area is 112 Å². The van der Waals surface area contributed by atoms with Gasteiger partial charge in [0.15, 0.2) is 5.69 Å². The predicted molar refractivity (Wildman–Crippen MR) is 69.8 cm³/mol. The smallest absolute Gasteiger partial charge is 0.316 e. The minimum absolute atomic E-state index is 0.296. The van der Waals surface area contributed by atoms with Gasteiger partial charge in [0, 0.05) is 18.0 Å². The Bertz CT molecular complexity index is 684. The number of aromatic nitrogens is 3. The van der Waals surface area contributed by atoms with Gasteiger partial charge in [-0.1, -0.05) is 23.7 Å². The minimum atomic E-state index is -0.693. The third-order valence-corrected chi connectivity index (χ3v) is 2.50. The molecule has 7 nitrogen and oxygen atoms in total. The molecule has 0 unspecified atom stereocenters. The van der Waals surface area contributed by atoms with E-state index in [1.807, 2.05) is 0 Å². The maximum Gasteiger partial charge on any atom is 0.316 e. The minimum Gasteiger partial charge on any atom is -0.857 e. The molecule has 98 valence electrons. The summed E-state index contributed by atoms with van der Waals surface area (Å²) in [6, 6.07) is 6.87. The van der Waals surface area contributed by atoms with Crippen molar-refractivity contribution < 1.29 is 5.11 Å². The molecule has 0 aliphatic carbocycles. The van der Waals surface area contributed by atoms with Gasteiger partial charge in [-0.2, -0.15) is 15.4 Å². The second kappa shape index (κ2) is 5.49. The fraction of sp³-hybridized carbons (Fsp3) is 0.0909. The molecule has 19 heavy (non-hydrogen) atoms. The summed E-state index contributed by atoms with van der Waals surface area (Å²) >= 11 is 5.74. The van der Waals surface area contributed by atoms with Crippen LogP contribution in [0.2, 0.25) is 5.02 Å². The highest BCUT2D eigenvalue weighted by atomic mass is 35.5. The Kier molecular flexibility index (Phi) is 3.76. The average Bonchev–Trinajstić information content (AvgIpc) is 2.79. The Morgan fingerprint density at radius 1 is 1.47 bits per heavy atom. The fourth-order valence-corrected chi connectivity index (χ4v) is 1.41. The van der Waals surface area contributed by atoms with E-state index in [2.05, 4.69) is 20.4 Å². The molecule has 1 heterocycles. The summed E-state index contributed by atoms with van der Waals surface area (Å²) in [6.45, 7) is 0. The van der Waals surface area contributed by atoms with Gasteiger partial charge in [0.05, 0.1) is 6.21 Å². The number of benzene rings is 1. The number of nitrogens with zero attached hydrogens (tertiary/aromatic N) is 4. The number of aliphatic imine (C=N–C) groups is 1. The maximum atomic E-state index is 11.7. The van der Waals surface area contributed by atoms with Crippen LogP contribution in [0, 0.1) is 0 Å². The second-order valence-electron chi connectivity index (χ2n) is 3.50. The number of rotatable bonds is 3. The number of aromatic amines is 1. The van der Waals surface area contributed by atoms with Crippen molar-refractivity contribution in [3.05, 3.63) is 50.9 Å². The lowest BCUT2D eigenvalue weighted by Crippen LogP contribution is -2.27. The highest BCUT2D eigenvalue weighted by Crippen LogP contribution is 2.07. The van der Waals surface area contributed by atoms with Crippen LogP contribution in [0.1, 0.15) is 11.3 Å². The van der Waals surface area contributed by atoms with Crippen LogP contribution in [0.5, 0.6) is 0 Å². The third-order valence-electron chi connectivity index (χ3n) is 2.25. The van der Waals surface area contributed by atoms with Crippen LogP contribution in [0.15, 0.2) is 39.2 Å². The van der Waals surface area contributed by atoms with Crippen molar-refractivity contribution in [3.63, 3.8) is 0 Å². The molecule has 2 aromatic rings. The lowest BCUT2D eigenvalue weighted by molar-refractivity contribution is -0.213. The zero-order chi connectivity index (χ0) is 13.8. The standard InChI is InChI=1S/C11H10ClN5O2/c1-13-10(18)9-11(19)17(16-15-9)14-6-7-2-4-8(12)5-3-7/h2-6,16H,1H3,(H,13,18)/p-1. The molecule has 8 heteroatoms. The van der Waals surface area contributed by atoms with Gasteiger partial charge in [0.2, 0.25) is 0 Å². The van der Waals surface area contributed by atoms with E-state index in [0.29, 0.717) is 5.02 Å². The van der Waals surface area contributed by atoms with Crippen molar-refractivity contribution in [2.24, 2.45) is 10.1 Å². The van der Waals surface area contributed by atoms with Gasteiger partial charge in [0.1, 0.15) is 0 Å². The van der Waals surface area contributed by atoms with Gasteiger partial charge in [-0.3, -0.25) is 4.79 Å². The first kappa shape index (κ1) is 13.0. The number of nitrogens with one attached hydrogen (secondary N) is 1. The molecule has 0 bridgehead atoms. The van der Waals surface area contributed by atoms with E-state index in [0.717, 1.165) is 10.4 Å². The molecule has 0 aliphatic rings. The summed E-state index contributed by atoms with van der Waals surface area (Å²) in [5, 5.41) is 21.6. The largest absolute Gasteiger partial charge is 0.857 e. The molecule has 0 spiro atoms. The average molecular weight is 279 g/mol. The molecule has 0 atom stereocenters. The highest BCUT2D eigenvalue weighted by Gasteiger charge is 2.06. The van der Waals surface area contributed by atoms with Crippen molar-refractivity contribution in [1.29, 1.82) is 0 Å². The topological polar surface area (TPSA) is 98.5 Å². The van der Waals surface area contributed by atoms with E-state index in [-0.39, 0.29) is 5.69 Å². The van der Waals surface area contributed by atoms with Crippen molar-refractivity contribution in [2.45, 2.75) is 0 Å². The molecule has 1 aromatic heterocycles. The molecule has 0 aliphatic heterocycles. The van der Waals surface area contributed by atoms with Crippen LogP contribution in [0.4, 0.5) is 0 Å². The van der Waals surface area contributed by atoms with Gasteiger partial charge in [0.25, 0.3) is 0 Å². The van der Waals surface area contributed by atoms with Crippen molar-refractivity contribution in [1.82, 2.24) is 15.1 Å². The summed E-state index contributed by atoms with van der Waals surface area (Å²) in [7, 11) is 1.29. The van der Waals surface area contributed by atoms with E-state index in [1.54, 1.807) is 24.3 Å². The zero-order valence-electron chi connectivity index (χ0n) is 9.87. The van der Waals surface area contributed by atoms with Gasteiger partial charge in [-0.15, -0.1) is 4.79 Å². The van der Waals surface area contributed by atoms with Gasteiger partial charge in [-0.25, -0.2) is 0 Å². The number of hydrogen-bond donors (Lipinski definition) is 1. The normalized spacial score (nSPS) is 12.2. The number of hydrogen-bond acceptors (Lipinski definition) is 5. The SMILES string of the molecule is CN=C([O-])c1n[nH]n(N=Cc2ccc(Cl)cc2)c1=O. The molecular formula is C11H9ClN5O2-. The van der Waals surface area contributed by atoms with Crippen molar-refractivity contribution >= 4 is 23.7 Å². The maximum absolute atomic E-state index is 11.7. The summed E-state index contributed by atoms with van der Waals surface area (Å²) in [5.41, 5.74) is -0.199. The van der Waals surface area contributed by atoms with Crippen LogP contribution in [-0.4, -0.2) is 34.3 Å². The highest BCUT2D eigenvalue weighted by molar-refractivity contribution is 6.30. The molecule has 2 rings (SSSR count). The van der Waals surface area contributed by atoms with Gasteiger partial charge >= 0.3 is 5.56 Å². The lowest BCUT2D eigenvalue weighted by Gasteiger charge is -2.01. The van der Waals surface area contributed by atoms with Crippen molar-refractivity contribution in [3.8, 4) is 0 Å². The summed E-state index contributed by atoms with van der Waals surface area (Å²) < 4.78 is 0. The predicted octanol–water partition coefficient (Wildman–Crippen LogP) is -0.156. The number of H-pyrrole nitrogens is 1. The van der Waals surface area contributed by atoms with E-state index < -0.39 is 11.5 Å². The Hall–Kier alpha value is -2.41. The first-order valence-corrected chi connectivity index (χ1v) is 5.61. The second-order valence-corrected chi connectivity index (χ2v) is 3.94. The first-order valence-electron chi connectivity index (χ1n) is 5.23. The molecule has 0 saturated carbocycles. The molecule has 0 fully saturated rings. The fourth-order valence-electron chi connectivity index (χ4n) is 1.29. The van der Waals surface area contributed by atoms with E-state index in [9.17, 15) is 9.90 Å². The van der Waals surface area contributed by atoms with Gasteiger partial charge < -0.3 is 10.1 Å².